The molecule has 1 aromatic carbocycles. The van der Waals surface area contributed by atoms with Gasteiger partial charge in [0.15, 0.2) is 0 Å². The number of carbonyl (C=O) groups is 1. The predicted molar refractivity (Wildman–Crippen MR) is 59.0 cm³/mol. The number of carbonyl (C=O) groups excluding carboxylic acids is 1. The fourth-order valence-corrected chi connectivity index (χ4v) is 0.968. The van der Waals surface area contributed by atoms with Crippen LogP contribution in [0.2, 0.25) is 0 Å². The maximum Gasteiger partial charge on any atom is 0.229 e. The van der Waals surface area contributed by atoms with E-state index in [-0.39, 0.29) is 11.3 Å². The fraction of sp³-hybridized carbons (Fsp3) is 0.333. The zero-order valence-electron chi connectivity index (χ0n) is 8.92. The fourth-order valence-electron chi connectivity index (χ4n) is 0.968. The molecule has 1 aromatic rings. The quantitative estimate of drug-likeness (QED) is 0.724. The molecule has 2 heteroatoms. The van der Waals surface area contributed by atoms with Gasteiger partial charge in [0.25, 0.3) is 0 Å². The Morgan fingerprint density at radius 2 is 2.00 bits per heavy atom. The van der Waals surface area contributed by atoms with Crippen molar-refractivity contribution < 1.29 is 4.79 Å². The van der Waals surface area contributed by atoms with Gasteiger partial charge >= 0.3 is 0 Å². The van der Waals surface area contributed by atoms with Gasteiger partial charge in [-0.2, -0.15) is 0 Å². The third kappa shape index (κ3) is 2.87. The monoisotopic (exact) mass is 190 g/mol. The summed E-state index contributed by atoms with van der Waals surface area (Å²) in [6, 6.07) is 7.48. The molecule has 1 rings (SSSR count). The molecule has 0 aliphatic carbocycles. The number of rotatable bonds is 1. The Bertz CT molecular complexity index is 336. The second-order valence-corrected chi connectivity index (χ2v) is 4.40. The maximum atomic E-state index is 11.6. The number of amides is 1. The van der Waals surface area contributed by atoms with E-state index in [0.717, 1.165) is 11.3 Å². The molecule has 2 nitrogen and oxygen atoms in total. The van der Waals surface area contributed by atoms with Crippen LogP contribution in [0, 0.1) is 12.3 Å². The van der Waals surface area contributed by atoms with Gasteiger partial charge in [-0.3, -0.25) is 4.79 Å². The van der Waals surface area contributed by atoms with Crippen LogP contribution in [0.25, 0.3) is 0 Å². The van der Waals surface area contributed by atoms with E-state index in [4.69, 9.17) is 0 Å². The molecule has 0 unspecified atom stereocenters. The van der Waals surface area contributed by atoms with Crippen LogP contribution in [0.5, 0.6) is 0 Å². The van der Waals surface area contributed by atoms with Crippen LogP contribution in [0.4, 0.5) is 5.69 Å². The van der Waals surface area contributed by atoms with Crippen molar-refractivity contribution in [1.82, 2.24) is 0 Å². The molecule has 1 radical (unpaired) electrons. The van der Waals surface area contributed by atoms with Crippen molar-refractivity contribution in [3.05, 3.63) is 36.8 Å². The lowest BCUT2D eigenvalue weighted by Crippen LogP contribution is -2.27. The molecule has 0 saturated heterocycles. The second kappa shape index (κ2) is 3.82. The minimum Gasteiger partial charge on any atom is -0.326 e. The average Bonchev–Trinajstić information content (AvgIpc) is 2.02. The van der Waals surface area contributed by atoms with Gasteiger partial charge in [0.05, 0.1) is 0 Å². The number of hydrogen-bond donors (Lipinski definition) is 1. The van der Waals surface area contributed by atoms with Gasteiger partial charge in [-0.25, -0.2) is 0 Å². The summed E-state index contributed by atoms with van der Waals surface area (Å²) in [5.41, 5.74) is 1.34. The molecule has 0 aliphatic rings. The molecule has 1 amide bonds. The highest BCUT2D eigenvalue weighted by molar-refractivity contribution is 5.94. The predicted octanol–water partition coefficient (Wildman–Crippen LogP) is 2.85. The molecule has 0 atom stereocenters. The number of nitrogens with one attached hydrogen (secondary N) is 1. The van der Waals surface area contributed by atoms with Crippen LogP contribution in [0.15, 0.2) is 24.3 Å². The van der Waals surface area contributed by atoms with Crippen LogP contribution in [-0.2, 0) is 4.79 Å². The number of benzene rings is 1. The van der Waals surface area contributed by atoms with E-state index in [0.29, 0.717) is 0 Å². The van der Waals surface area contributed by atoms with E-state index in [9.17, 15) is 4.79 Å². The van der Waals surface area contributed by atoms with Crippen molar-refractivity contribution >= 4 is 11.6 Å². The first-order chi connectivity index (χ1) is 6.39. The first-order valence-corrected chi connectivity index (χ1v) is 4.63. The van der Waals surface area contributed by atoms with Gasteiger partial charge in [-0.1, -0.05) is 32.9 Å². The smallest absolute Gasteiger partial charge is 0.229 e. The van der Waals surface area contributed by atoms with Gasteiger partial charge in [0, 0.05) is 11.1 Å². The highest BCUT2D eigenvalue weighted by Crippen LogP contribution is 2.17. The van der Waals surface area contributed by atoms with E-state index in [1.165, 1.54) is 0 Å². The lowest BCUT2D eigenvalue weighted by Gasteiger charge is -2.17. The highest BCUT2D eigenvalue weighted by Gasteiger charge is 2.20. The second-order valence-electron chi connectivity index (χ2n) is 4.40. The summed E-state index contributed by atoms with van der Waals surface area (Å²) in [5.74, 6) is 0.0168. The van der Waals surface area contributed by atoms with Crippen molar-refractivity contribution in [1.29, 1.82) is 0 Å². The van der Waals surface area contributed by atoms with E-state index < -0.39 is 0 Å². The summed E-state index contributed by atoms with van der Waals surface area (Å²) < 4.78 is 0. The van der Waals surface area contributed by atoms with Crippen LogP contribution in [0.1, 0.15) is 26.3 Å². The van der Waals surface area contributed by atoms with E-state index in [1.807, 2.05) is 45.0 Å². The molecule has 0 aliphatic heterocycles. The summed E-state index contributed by atoms with van der Waals surface area (Å²) in [6.45, 7) is 9.46. The van der Waals surface area contributed by atoms with Crippen molar-refractivity contribution in [2.24, 2.45) is 5.41 Å². The summed E-state index contributed by atoms with van der Waals surface area (Å²) in [6.07, 6.45) is 0. The SMILES string of the molecule is [CH2]c1cccc(NC(=O)C(C)(C)C)c1. The van der Waals surface area contributed by atoms with Crippen LogP contribution in [0.3, 0.4) is 0 Å². The molecular weight excluding hydrogens is 174 g/mol. The molecule has 0 bridgehead atoms. The number of anilines is 1. The van der Waals surface area contributed by atoms with Crippen molar-refractivity contribution in [3.8, 4) is 0 Å². The zero-order valence-corrected chi connectivity index (χ0v) is 8.92. The van der Waals surface area contributed by atoms with Gasteiger partial charge in [-0.05, 0) is 24.6 Å². The minimum absolute atomic E-state index is 0.0168. The molecular formula is C12H16NO. The van der Waals surface area contributed by atoms with E-state index >= 15 is 0 Å². The lowest BCUT2D eigenvalue weighted by molar-refractivity contribution is -0.123. The Hall–Kier alpha value is -1.31. The first-order valence-electron chi connectivity index (χ1n) is 4.63. The largest absolute Gasteiger partial charge is 0.326 e. The van der Waals surface area contributed by atoms with Crippen molar-refractivity contribution in [2.45, 2.75) is 20.8 Å². The maximum absolute atomic E-state index is 11.6. The van der Waals surface area contributed by atoms with Gasteiger partial charge in [0.2, 0.25) is 5.91 Å². The summed E-state index contributed by atoms with van der Waals surface area (Å²) in [5, 5.41) is 2.84. The Morgan fingerprint density at radius 1 is 1.36 bits per heavy atom. The lowest BCUT2D eigenvalue weighted by atomic mass is 9.95. The molecule has 0 aromatic heterocycles. The molecule has 0 heterocycles. The van der Waals surface area contributed by atoms with E-state index in [2.05, 4.69) is 12.2 Å². The standard InChI is InChI=1S/C12H16NO/c1-9-6-5-7-10(8-9)13-11(14)12(2,3)4/h5-8H,1H2,2-4H3,(H,13,14). The van der Waals surface area contributed by atoms with Gasteiger partial charge in [-0.15, -0.1) is 0 Å². The van der Waals surface area contributed by atoms with Crippen molar-refractivity contribution in [2.75, 3.05) is 5.32 Å². The first kappa shape index (κ1) is 10.8. The third-order valence-corrected chi connectivity index (χ3v) is 1.87. The molecule has 0 saturated carbocycles. The normalized spacial score (nSPS) is 11.1. The zero-order chi connectivity index (χ0) is 10.8. The Labute approximate surface area is 85.3 Å². The van der Waals surface area contributed by atoms with E-state index in [1.54, 1.807) is 0 Å². The highest BCUT2D eigenvalue weighted by atomic mass is 16.2. The Balaban J connectivity index is 2.75. The summed E-state index contributed by atoms with van der Waals surface area (Å²) in [7, 11) is 0. The van der Waals surface area contributed by atoms with Crippen molar-refractivity contribution in [3.63, 3.8) is 0 Å². The van der Waals surface area contributed by atoms with Crippen LogP contribution in [-0.4, -0.2) is 5.91 Å². The Morgan fingerprint density at radius 3 is 2.50 bits per heavy atom. The third-order valence-electron chi connectivity index (χ3n) is 1.87. The topological polar surface area (TPSA) is 29.1 Å². The van der Waals surface area contributed by atoms with Crippen LogP contribution < -0.4 is 5.32 Å². The van der Waals surface area contributed by atoms with Gasteiger partial charge in [0.1, 0.15) is 0 Å². The molecule has 14 heavy (non-hydrogen) atoms. The molecule has 0 spiro atoms. The average molecular weight is 190 g/mol. The summed E-state index contributed by atoms with van der Waals surface area (Å²) in [4.78, 5) is 11.6. The summed E-state index contributed by atoms with van der Waals surface area (Å²) >= 11 is 0. The molecule has 75 valence electrons. The minimum atomic E-state index is -0.364. The molecule has 0 fully saturated rings. The Kier molecular flexibility index (Phi) is 2.94. The molecule has 1 N–H and O–H groups in total. The number of hydrogen-bond acceptors (Lipinski definition) is 1. The van der Waals surface area contributed by atoms with Gasteiger partial charge < -0.3 is 5.32 Å². The van der Waals surface area contributed by atoms with Crippen LogP contribution >= 0.6 is 0 Å².